The number of aliphatic hydroxyl groups is 1. The van der Waals surface area contributed by atoms with Crippen molar-refractivity contribution in [1.29, 1.82) is 0 Å². The number of allylic oxidation sites excluding steroid dienone is 2. The number of fused-ring (bicyclic) bond motifs is 5. The normalized spacial score (nSPS) is 49.0. The third kappa shape index (κ3) is 2.21. The number of ketones is 1. The fourth-order valence-electron chi connectivity index (χ4n) is 7.58. The van der Waals surface area contributed by atoms with Crippen molar-refractivity contribution in [2.75, 3.05) is 6.61 Å². The van der Waals surface area contributed by atoms with Gasteiger partial charge in [0.15, 0.2) is 0 Å². The van der Waals surface area contributed by atoms with E-state index in [0.717, 1.165) is 37.0 Å². The van der Waals surface area contributed by atoms with E-state index in [4.69, 9.17) is 0 Å². The van der Waals surface area contributed by atoms with Crippen LogP contribution < -0.4 is 0 Å². The van der Waals surface area contributed by atoms with Crippen LogP contribution in [0.1, 0.15) is 72.1 Å². The molecular weight excluding hydrogens is 296 g/mol. The molecule has 0 aromatic rings. The summed E-state index contributed by atoms with van der Waals surface area (Å²) in [6.45, 7) is 7.58. The molecule has 0 aliphatic heterocycles. The molecule has 4 rings (SSSR count). The first-order valence-corrected chi connectivity index (χ1v) is 10.2. The molecule has 24 heavy (non-hydrogen) atoms. The van der Waals surface area contributed by atoms with Gasteiger partial charge in [-0.15, -0.1) is 0 Å². The van der Waals surface area contributed by atoms with E-state index in [1.165, 1.54) is 37.7 Å². The Balaban J connectivity index is 1.64. The number of hydrogen-bond acceptors (Lipinski definition) is 2. The Labute approximate surface area is 147 Å². The summed E-state index contributed by atoms with van der Waals surface area (Å²) in [6, 6.07) is 0. The van der Waals surface area contributed by atoms with Gasteiger partial charge in [-0.2, -0.15) is 0 Å². The second kappa shape index (κ2) is 5.69. The fourth-order valence-corrected chi connectivity index (χ4v) is 7.58. The predicted octanol–water partition coefficient (Wildman–Crippen LogP) is 4.76. The van der Waals surface area contributed by atoms with Crippen molar-refractivity contribution in [2.45, 2.75) is 72.1 Å². The van der Waals surface area contributed by atoms with Crippen molar-refractivity contribution in [3.63, 3.8) is 0 Å². The number of aliphatic hydroxyl groups excluding tert-OH is 1. The molecule has 0 unspecified atom stereocenters. The largest absolute Gasteiger partial charge is 0.396 e. The van der Waals surface area contributed by atoms with Crippen molar-refractivity contribution in [3.05, 3.63) is 11.6 Å². The van der Waals surface area contributed by atoms with Crippen LogP contribution >= 0.6 is 0 Å². The molecule has 0 spiro atoms. The lowest BCUT2D eigenvalue weighted by molar-refractivity contribution is -0.122. The van der Waals surface area contributed by atoms with Crippen LogP contribution in [0.15, 0.2) is 11.6 Å². The fraction of sp³-hybridized carbons (Fsp3) is 0.864. The van der Waals surface area contributed by atoms with Crippen molar-refractivity contribution < 1.29 is 9.90 Å². The van der Waals surface area contributed by atoms with E-state index in [1.54, 1.807) is 0 Å². The molecule has 0 bridgehead atoms. The monoisotopic (exact) mass is 330 g/mol. The molecule has 0 aromatic heterocycles. The molecule has 0 heterocycles. The van der Waals surface area contributed by atoms with Crippen LogP contribution in [0.2, 0.25) is 0 Å². The lowest BCUT2D eigenvalue weighted by Gasteiger charge is -2.57. The van der Waals surface area contributed by atoms with Gasteiger partial charge in [0.25, 0.3) is 0 Å². The molecule has 7 atom stereocenters. The number of hydrogen-bond donors (Lipinski definition) is 1. The number of carbonyl (C=O) groups is 1. The molecule has 3 fully saturated rings. The highest BCUT2D eigenvalue weighted by atomic mass is 16.3. The topological polar surface area (TPSA) is 37.3 Å². The van der Waals surface area contributed by atoms with Crippen LogP contribution in [-0.4, -0.2) is 17.5 Å². The van der Waals surface area contributed by atoms with Gasteiger partial charge in [-0.3, -0.25) is 4.79 Å². The summed E-state index contributed by atoms with van der Waals surface area (Å²) < 4.78 is 0. The minimum Gasteiger partial charge on any atom is -0.396 e. The van der Waals surface area contributed by atoms with Crippen molar-refractivity contribution >= 4 is 5.78 Å². The Bertz CT molecular complexity index is 564. The van der Waals surface area contributed by atoms with Crippen molar-refractivity contribution in [2.24, 2.45) is 40.4 Å². The summed E-state index contributed by atoms with van der Waals surface area (Å²) >= 11 is 0. The first-order chi connectivity index (χ1) is 11.4. The maximum absolute atomic E-state index is 11.9. The van der Waals surface area contributed by atoms with Gasteiger partial charge in [0.1, 0.15) is 5.78 Å². The van der Waals surface area contributed by atoms with Gasteiger partial charge in [-0.1, -0.05) is 32.4 Å². The first kappa shape index (κ1) is 16.8. The molecule has 2 heteroatoms. The minimum absolute atomic E-state index is 0.291. The third-order valence-electron chi connectivity index (χ3n) is 8.98. The first-order valence-electron chi connectivity index (χ1n) is 10.2. The van der Waals surface area contributed by atoms with Crippen LogP contribution in [0.3, 0.4) is 0 Å². The second-order valence-corrected chi connectivity index (χ2v) is 9.86. The van der Waals surface area contributed by atoms with E-state index in [1.807, 2.05) is 0 Å². The van der Waals surface area contributed by atoms with E-state index in [2.05, 4.69) is 26.8 Å². The quantitative estimate of drug-likeness (QED) is 0.741. The number of carbonyl (C=O) groups excluding carboxylic acids is 1. The van der Waals surface area contributed by atoms with Gasteiger partial charge in [-0.25, -0.2) is 0 Å². The maximum Gasteiger partial charge on any atom is 0.136 e. The highest BCUT2D eigenvalue weighted by Gasteiger charge is 2.59. The smallest absolute Gasteiger partial charge is 0.136 e. The van der Waals surface area contributed by atoms with Gasteiger partial charge in [0, 0.05) is 19.4 Å². The molecule has 4 aliphatic carbocycles. The van der Waals surface area contributed by atoms with Gasteiger partial charge in [-0.05, 0) is 78.9 Å². The van der Waals surface area contributed by atoms with E-state index < -0.39 is 0 Å². The SMILES string of the molecule is C[C@H](CO)[C@H]1CC[C@H]2[C@@H]3CC=C4CC(=O)CC[C@]4(C)[C@H]3CC[C@]12C. The molecule has 0 amide bonds. The molecule has 1 N–H and O–H groups in total. The molecule has 134 valence electrons. The summed E-state index contributed by atoms with van der Waals surface area (Å²) in [5.74, 6) is 4.00. The van der Waals surface area contributed by atoms with Gasteiger partial charge >= 0.3 is 0 Å². The van der Waals surface area contributed by atoms with Gasteiger partial charge < -0.3 is 5.11 Å². The van der Waals surface area contributed by atoms with E-state index >= 15 is 0 Å². The van der Waals surface area contributed by atoms with E-state index in [0.29, 0.717) is 35.1 Å². The highest BCUT2D eigenvalue weighted by Crippen LogP contribution is 2.66. The third-order valence-corrected chi connectivity index (χ3v) is 8.98. The summed E-state index contributed by atoms with van der Waals surface area (Å²) in [7, 11) is 0. The lowest BCUT2D eigenvalue weighted by atomic mass is 9.47. The average Bonchev–Trinajstić information content (AvgIpc) is 2.92. The van der Waals surface area contributed by atoms with Crippen molar-refractivity contribution in [1.82, 2.24) is 0 Å². The molecular formula is C22H34O2. The number of rotatable bonds is 2. The Morgan fingerprint density at radius 2 is 2.00 bits per heavy atom. The summed E-state index contributed by atoms with van der Waals surface area (Å²) in [4.78, 5) is 11.9. The summed E-state index contributed by atoms with van der Waals surface area (Å²) in [5.41, 5.74) is 2.19. The highest BCUT2D eigenvalue weighted by molar-refractivity contribution is 5.82. The van der Waals surface area contributed by atoms with Crippen molar-refractivity contribution in [3.8, 4) is 0 Å². The standard InChI is InChI=1S/C22H34O2/c1-14(13-23)18-6-7-19-17-5-4-15-12-16(24)8-10-21(15,2)20(17)9-11-22(18,19)3/h4,14,17-20,23H,5-13H2,1-3H3/t14-,17+,18-,19+,20+,21+,22-/m1/s1. The Morgan fingerprint density at radius 3 is 2.75 bits per heavy atom. The van der Waals surface area contributed by atoms with E-state index in [-0.39, 0.29) is 0 Å². The number of Topliss-reactive ketones (excluding diaryl/α,β-unsaturated/α-hetero) is 1. The average molecular weight is 331 g/mol. The predicted molar refractivity (Wildman–Crippen MR) is 96.4 cm³/mol. The zero-order valence-corrected chi connectivity index (χ0v) is 15.7. The van der Waals surface area contributed by atoms with Crippen LogP contribution in [0.4, 0.5) is 0 Å². The maximum atomic E-state index is 11.9. The molecule has 0 saturated heterocycles. The molecule has 0 radical (unpaired) electrons. The zero-order chi connectivity index (χ0) is 17.1. The van der Waals surface area contributed by atoms with Crippen LogP contribution in [0.5, 0.6) is 0 Å². The summed E-state index contributed by atoms with van der Waals surface area (Å²) in [6.07, 6.45) is 11.6. The minimum atomic E-state index is 0.291. The van der Waals surface area contributed by atoms with Crippen LogP contribution in [0.25, 0.3) is 0 Å². The van der Waals surface area contributed by atoms with E-state index in [9.17, 15) is 9.90 Å². The molecule has 0 aromatic carbocycles. The Kier molecular flexibility index (Phi) is 3.99. The Hall–Kier alpha value is -0.630. The Morgan fingerprint density at radius 1 is 1.21 bits per heavy atom. The zero-order valence-electron chi connectivity index (χ0n) is 15.7. The molecule has 4 aliphatic rings. The second-order valence-electron chi connectivity index (χ2n) is 9.86. The molecule has 2 nitrogen and oxygen atoms in total. The lowest BCUT2D eigenvalue weighted by Crippen LogP contribution is -2.50. The van der Waals surface area contributed by atoms with Gasteiger partial charge in [0.2, 0.25) is 0 Å². The molecule has 3 saturated carbocycles. The van der Waals surface area contributed by atoms with Crippen LogP contribution in [-0.2, 0) is 4.79 Å². The van der Waals surface area contributed by atoms with Crippen LogP contribution in [0, 0.1) is 40.4 Å². The van der Waals surface area contributed by atoms with Gasteiger partial charge in [0.05, 0.1) is 0 Å². The summed E-state index contributed by atoms with van der Waals surface area (Å²) in [5, 5.41) is 9.71.